The summed E-state index contributed by atoms with van der Waals surface area (Å²) in [6, 6.07) is 4.90. The van der Waals surface area contributed by atoms with E-state index in [2.05, 4.69) is 0 Å². The third-order valence-corrected chi connectivity index (χ3v) is 3.82. The molecule has 1 heterocycles. The molecule has 6 heteroatoms. The minimum Gasteiger partial charge on any atom is -0.478 e. The maximum Gasteiger partial charge on any atom is 0.337 e. The van der Waals surface area contributed by atoms with Crippen LogP contribution in [0.15, 0.2) is 18.2 Å². The number of amides is 1. The van der Waals surface area contributed by atoms with Crippen molar-refractivity contribution < 1.29 is 19.8 Å². The summed E-state index contributed by atoms with van der Waals surface area (Å²) < 4.78 is 0.722. The van der Waals surface area contributed by atoms with Crippen molar-refractivity contribution in [2.75, 3.05) is 18.1 Å². The van der Waals surface area contributed by atoms with E-state index in [-0.39, 0.29) is 30.4 Å². The number of para-hydroxylation sites is 1. The van der Waals surface area contributed by atoms with Gasteiger partial charge in [0.1, 0.15) is 0 Å². The molecule has 1 atom stereocenters. The first-order valence-electron chi connectivity index (χ1n) is 5.47. The molecule has 0 aromatic heterocycles. The normalized spacial score (nSPS) is 19.3. The quantitative estimate of drug-likeness (QED) is 0.797. The van der Waals surface area contributed by atoms with Crippen LogP contribution in [-0.4, -0.2) is 35.2 Å². The molecule has 1 aromatic carbocycles. The first-order valence-corrected chi connectivity index (χ1v) is 6.55. The predicted octanol–water partition coefficient (Wildman–Crippen LogP) is 1.33. The Kier molecular flexibility index (Phi) is 3.86. The van der Waals surface area contributed by atoms with Crippen LogP contribution >= 0.6 is 22.6 Å². The number of carboxylic acids is 1. The topological polar surface area (TPSA) is 77.8 Å². The molecule has 1 fully saturated rings. The van der Waals surface area contributed by atoms with E-state index in [1.165, 1.54) is 11.0 Å². The predicted molar refractivity (Wildman–Crippen MR) is 73.7 cm³/mol. The van der Waals surface area contributed by atoms with Gasteiger partial charge in [-0.15, -0.1) is 0 Å². The number of anilines is 1. The molecule has 0 saturated carbocycles. The minimum atomic E-state index is -1.05. The number of hydrogen-bond acceptors (Lipinski definition) is 3. The highest BCUT2D eigenvalue weighted by Crippen LogP contribution is 2.32. The van der Waals surface area contributed by atoms with E-state index in [0.717, 1.165) is 3.57 Å². The number of benzene rings is 1. The number of hydrogen-bond donors (Lipinski definition) is 2. The molecule has 2 N–H and O–H groups in total. The van der Waals surface area contributed by atoms with E-state index in [1.807, 2.05) is 22.6 Å². The molecule has 0 spiro atoms. The molecular weight excluding hydrogens is 349 g/mol. The van der Waals surface area contributed by atoms with Crippen molar-refractivity contribution in [3.8, 4) is 0 Å². The Labute approximate surface area is 118 Å². The van der Waals surface area contributed by atoms with Crippen LogP contribution < -0.4 is 4.90 Å². The summed E-state index contributed by atoms with van der Waals surface area (Å²) in [5.41, 5.74) is 0.556. The van der Waals surface area contributed by atoms with Crippen LogP contribution in [0.5, 0.6) is 0 Å². The lowest BCUT2D eigenvalue weighted by Gasteiger charge is -2.20. The van der Waals surface area contributed by atoms with E-state index in [1.54, 1.807) is 12.1 Å². The third kappa shape index (κ3) is 2.35. The summed E-state index contributed by atoms with van der Waals surface area (Å²) in [5.74, 6) is -1.31. The fraction of sp³-hybridized carbons (Fsp3) is 0.333. The van der Waals surface area contributed by atoms with Crippen LogP contribution in [0, 0.1) is 9.49 Å². The molecule has 96 valence electrons. The summed E-state index contributed by atoms with van der Waals surface area (Å²) in [6.07, 6.45) is 0.264. The number of nitrogens with zero attached hydrogens (tertiary/aromatic N) is 1. The zero-order valence-corrected chi connectivity index (χ0v) is 11.6. The highest BCUT2D eigenvalue weighted by molar-refractivity contribution is 14.1. The second-order valence-corrected chi connectivity index (χ2v) is 5.36. The SMILES string of the molecule is O=C(O)c1cccc(I)c1N1CC(CO)CC1=O. The van der Waals surface area contributed by atoms with Crippen LogP contribution in [0.1, 0.15) is 16.8 Å². The molecule has 0 bridgehead atoms. The monoisotopic (exact) mass is 361 g/mol. The average molecular weight is 361 g/mol. The number of aliphatic hydroxyl groups is 1. The number of carbonyl (C=O) groups excluding carboxylic acids is 1. The van der Waals surface area contributed by atoms with E-state index in [4.69, 9.17) is 10.2 Å². The summed E-state index contributed by atoms with van der Waals surface area (Å²) in [6.45, 7) is 0.309. The van der Waals surface area contributed by atoms with E-state index < -0.39 is 5.97 Å². The Hall–Kier alpha value is -1.15. The molecule has 1 saturated heterocycles. The van der Waals surface area contributed by atoms with Gasteiger partial charge in [-0.25, -0.2) is 4.79 Å². The van der Waals surface area contributed by atoms with Crippen molar-refractivity contribution in [2.24, 2.45) is 5.92 Å². The highest BCUT2D eigenvalue weighted by atomic mass is 127. The Morgan fingerprint density at radius 2 is 2.22 bits per heavy atom. The Bertz CT molecular complexity index is 503. The van der Waals surface area contributed by atoms with Gasteiger partial charge in [-0.05, 0) is 34.7 Å². The summed E-state index contributed by atoms with van der Waals surface area (Å²) in [5, 5.41) is 18.3. The van der Waals surface area contributed by atoms with E-state index in [0.29, 0.717) is 12.2 Å². The van der Waals surface area contributed by atoms with Gasteiger partial charge in [-0.3, -0.25) is 4.79 Å². The molecule has 1 aliphatic heterocycles. The van der Waals surface area contributed by atoms with Gasteiger partial charge >= 0.3 is 5.97 Å². The molecule has 1 aromatic rings. The standard InChI is InChI=1S/C12H12INO4/c13-9-3-1-2-8(12(17)18)11(9)14-5-7(6-15)4-10(14)16/h1-3,7,15H,4-6H2,(H,17,18). The Balaban J connectivity index is 2.45. The second kappa shape index (κ2) is 5.23. The second-order valence-electron chi connectivity index (χ2n) is 4.20. The summed E-state index contributed by atoms with van der Waals surface area (Å²) >= 11 is 2.02. The number of rotatable bonds is 3. The maximum absolute atomic E-state index is 11.9. The molecule has 1 amide bonds. The molecular formula is C12H12INO4. The number of carbonyl (C=O) groups is 2. The summed E-state index contributed by atoms with van der Waals surface area (Å²) in [4.78, 5) is 24.6. The highest BCUT2D eigenvalue weighted by Gasteiger charge is 2.33. The summed E-state index contributed by atoms with van der Waals surface area (Å²) in [7, 11) is 0. The van der Waals surface area contributed by atoms with Gasteiger partial charge in [-0.2, -0.15) is 0 Å². The van der Waals surface area contributed by atoms with Gasteiger partial charge in [0.25, 0.3) is 0 Å². The zero-order chi connectivity index (χ0) is 13.3. The van der Waals surface area contributed by atoms with Gasteiger partial charge in [0.05, 0.1) is 11.3 Å². The number of halogens is 1. The molecule has 2 rings (SSSR count). The number of carboxylic acid groups (broad SMARTS) is 1. The molecule has 1 aliphatic rings. The van der Waals surface area contributed by atoms with Gasteiger partial charge in [-0.1, -0.05) is 6.07 Å². The van der Waals surface area contributed by atoms with Gasteiger partial charge in [0.2, 0.25) is 5.91 Å². The largest absolute Gasteiger partial charge is 0.478 e. The van der Waals surface area contributed by atoms with Crippen molar-refractivity contribution in [1.29, 1.82) is 0 Å². The van der Waals surface area contributed by atoms with Crippen LogP contribution in [0.25, 0.3) is 0 Å². The van der Waals surface area contributed by atoms with Crippen molar-refractivity contribution >= 4 is 40.2 Å². The number of aromatic carboxylic acids is 1. The van der Waals surface area contributed by atoms with Crippen molar-refractivity contribution in [1.82, 2.24) is 0 Å². The fourth-order valence-electron chi connectivity index (χ4n) is 2.08. The van der Waals surface area contributed by atoms with Crippen LogP contribution in [0.2, 0.25) is 0 Å². The van der Waals surface area contributed by atoms with Crippen LogP contribution in [0.4, 0.5) is 5.69 Å². The fourth-order valence-corrected chi connectivity index (χ4v) is 2.87. The first-order chi connectivity index (χ1) is 8.54. The molecule has 5 nitrogen and oxygen atoms in total. The average Bonchev–Trinajstić information content (AvgIpc) is 2.70. The maximum atomic E-state index is 11.9. The third-order valence-electron chi connectivity index (χ3n) is 2.95. The molecule has 1 unspecified atom stereocenters. The van der Waals surface area contributed by atoms with Crippen molar-refractivity contribution in [2.45, 2.75) is 6.42 Å². The Morgan fingerprint density at radius 1 is 1.50 bits per heavy atom. The zero-order valence-electron chi connectivity index (χ0n) is 9.47. The molecule has 18 heavy (non-hydrogen) atoms. The molecule has 0 radical (unpaired) electrons. The van der Waals surface area contributed by atoms with Crippen molar-refractivity contribution in [3.63, 3.8) is 0 Å². The first kappa shape index (κ1) is 13.3. The van der Waals surface area contributed by atoms with Crippen LogP contribution in [-0.2, 0) is 4.79 Å². The minimum absolute atomic E-state index is 0.0615. The van der Waals surface area contributed by atoms with Gasteiger partial charge in [0, 0.05) is 29.1 Å². The molecule has 0 aliphatic carbocycles. The van der Waals surface area contributed by atoms with Crippen molar-refractivity contribution in [3.05, 3.63) is 27.3 Å². The lowest BCUT2D eigenvalue weighted by atomic mass is 10.1. The van der Waals surface area contributed by atoms with E-state index in [9.17, 15) is 9.59 Å². The van der Waals surface area contributed by atoms with E-state index >= 15 is 0 Å². The lowest BCUT2D eigenvalue weighted by Crippen LogP contribution is -2.27. The Morgan fingerprint density at radius 3 is 2.78 bits per heavy atom. The number of aliphatic hydroxyl groups excluding tert-OH is 1. The lowest BCUT2D eigenvalue weighted by molar-refractivity contribution is -0.117. The van der Waals surface area contributed by atoms with Crippen LogP contribution in [0.3, 0.4) is 0 Å². The smallest absolute Gasteiger partial charge is 0.337 e. The van der Waals surface area contributed by atoms with Gasteiger partial charge in [0.15, 0.2) is 0 Å². The van der Waals surface area contributed by atoms with Gasteiger partial charge < -0.3 is 15.1 Å².